The zero-order chi connectivity index (χ0) is 48.8. The minimum absolute atomic E-state index is 0.738. The lowest BCUT2D eigenvalue weighted by Crippen LogP contribution is -2.48. The Labute approximate surface area is 427 Å². The van der Waals surface area contributed by atoms with Gasteiger partial charge in [0.1, 0.15) is 23.0 Å². The van der Waals surface area contributed by atoms with E-state index in [1.165, 1.54) is 199 Å². The number of rotatable bonds is 28. The van der Waals surface area contributed by atoms with Crippen LogP contribution in [0.5, 0.6) is 23.0 Å². The molecule has 3 aromatic carbocycles. The largest absolute Gasteiger partial charge is 0.493 e. The summed E-state index contributed by atoms with van der Waals surface area (Å²) in [6.07, 6.45) is 34.5. The molecule has 0 saturated carbocycles. The molecule has 0 bridgehead atoms. The fourth-order valence-electron chi connectivity index (χ4n) is 12.0. The quantitative estimate of drug-likeness (QED) is 0.0413. The summed E-state index contributed by atoms with van der Waals surface area (Å²) in [5.41, 5.74) is 4.52. The van der Waals surface area contributed by atoms with Gasteiger partial charge >= 0.3 is 0 Å². The highest BCUT2D eigenvalue weighted by atomic mass is 16.5. The molecule has 0 spiro atoms. The average Bonchev–Trinajstić information content (AvgIpc) is 3.36. The van der Waals surface area contributed by atoms with E-state index in [-0.39, 0.29) is 0 Å². The maximum absolute atomic E-state index is 6.43. The Morgan fingerprint density at radius 1 is 0.300 bits per heavy atom. The molecule has 4 aliphatic heterocycles. The van der Waals surface area contributed by atoms with Crippen LogP contribution in [0.2, 0.25) is 0 Å². The van der Waals surface area contributed by atoms with Crippen LogP contribution in [0.15, 0.2) is 60.7 Å². The van der Waals surface area contributed by atoms with Gasteiger partial charge in [-0.15, -0.1) is 0 Å². The lowest BCUT2D eigenvalue weighted by molar-refractivity contribution is -0.914. The molecule has 0 aliphatic carbocycles. The fourth-order valence-corrected chi connectivity index (χ4v) is 12.0. The molecule has 7 rings (SSSR count). The Hall–Kier alpha value is -3.82. The summed E-state index contributed by atoms with van der Waals surface area (Å²) in [6, 6.07) is 21.7. The molecule has 4 aliphatic rings. The van der Waals surface area contributed by atoms with Crippen molar-refractivity contribution < 1.29 is 36.9 Å². The zero-order valence-electron chi connectivity index (χ0n) is 45.0. The zero-order valence-corrected chi connectivity index (χ0v) is 45.0. The van der Waals surface area contributed by atoms with Gasteiger partial charge in [-0.3, -0.25) is 0 Å². The van der Waals surface area contributed by atoms with Crippen LogP contribution in [-0.4, -0.2) is 151 Å². The standard InChI is InChI=1S/C62H98N4O4/c1-63(33-9-5-10-34-63)41-17-21-45-67-59-49-57(50-60(53-59)68-46-22-18-42-64(2)35-11-6-12-36-64)31-29-55-25-27-56(28-26-55)30-32-58-51-61(69-47-23-19-43-65(3)37-13-7-14-38-65)54-62(52-58)70-48-24-20-44-66(4)39-15-8-16-40-66/h25-32,49-54H,5-24,33-48H2,1-4H3/q+4/b31-29+,32-30+. The highest BCUT2D eigenvalue weighted by Gasteiger charge is 2.27. The van der Waals surface area contributed by atoms with Gasteiger partial charge in [-0.05, 0) is 175 Å². The lowest BCUT2D eigenvalue weighted by Gasteiger charge is -2.37. The molecular formula is C62H98N4O4+4. The lowest BCUT2D eigenvalue weighted by atomic mass is 10.1. The molecule has 4 fully saturated rings. The van der Waals surface area contributed by atoms with Crippen molar-refractivity contribution in [1.82, 2.24) is 0 Å². The van der Waals surface area contributed by atoms with Crippen LogP contribution in [-0.2, 0) is 0 Å². The summed E-state index contributed by atoms with van der Waals surface area (Å²) in [4.78, 5) is 0. The van der Waals surface area contributed by atoms with E-state index >= 15 is 0 Å². The van der Waals surface area contributed by atoms with Crippen molar-refractivity contribution in [3.63, 3.8) is 0 Å². The molecule has 0 amide bonds. The number of hydrogen-bond acceptors (Lipinski definition) is 4. The van der Waals surface area contributed by atoms with Crippen LogP contribution in [0.25, 0.3) is 24.3 Å². The van der Waals surface area contributed by atoms with Crippen LogP contribution in [0, 0.1) is 0 Å². The molecule has 0 N–H and O–H groups in total. The molecule has 3 aromatic rings. The number of nitrogens with zero attached hydrogens (tertiary/aromatic N) is 4. The molecule has 70 heavy (non-hydrogen) atoms. The molecule has 0 atom stereocenters. The molecule has 4 saturated heterocycles. The number of likely N-dealkylation sites (tertiary alicyclic amines) is 4. The number of ether oxygens (including phenoxy) is 4. The third-order valence-electron chi connectivity index (χ3n) is 16.7. The van der Waals surface area contributed by atoms with Gasteiger partial charge in [0.15, 0.2) is 0 Å². The number of quaternary nitrogens is 4. The van der Waals surface area contributed by atoms with Crippen LogP contribution in [0.4, 0.5) is 0 Å². The summed E-state index contributed by atoms with van der Waals surface area (Å²) in [5, 5.41) is 0. The second kappa shape index (κ2) is 27.9. The fraction of sp³-hybridized carbons (Fsp3) is 0.645. The Kier molecular flexibility index (Phi) is 21.5. The van der Waals surface area contributed by atoms with Crippen molar-refractivity contribution in [3.05, 3.63) is 82.9 Å². The normalized spacial score (nSPS) is 19.8. The average molecular weight is 963 g/mol. The topological polar surface area (TPSA) is 36.9 Å². The predicted molar refractivity (Wildman–Crippen MR) is 295 cm³/mol. The summed E-state index contributed by atoms with van der Waals surface area (Å²) in [6.45, 7) is 18.6. The minimum Gasteiger partial charge on any atom is -0.493 e. The predicted octanol–water partition coefficient (Wildman–Crippen LogP) is 13.2. The van der Waals surface area contributed by atoms with E-state index in [1.54, 1.807) is 0 Å². The molecule has 0 aromatic heterocycles. The van der Waals surface area contributed by atoms with Crippen molar-refractivity contribution in [2.45, 2.75) is 128 Å². The van der Waals surface area contributed by atoms with Crippen LogP contribution < -0.4 is 18.9 Å². The second-order valence-corrected chi connectivity index (χ2v) is 23.4. The Morgan fingerprint density at radius 2 is 0.529 bits per heavy atom. The van der Waals surface area contributed by atoms with Gasteiger partial charge in [0.2, 0.25) is 0 Å². The molecule has 386 valence electrons. The van der Waals surface area contributed by atoms with Gasteiger partial charge in [-0.1, -0.05) is 48.6 Å². The van der Waals surface area contributed by atoms with E-state index in [4.69, 9.17) is 18.9 Å². The van der Waals surface area contributed by atoms with Crippen molar-refractivity contribution in [1.29, 1.82) is 0 Å². The van der Waals surface area contributed by atoms with E-state index < -0.39 is 0 Å². The van der Waals surface area contributed by atoms with Gasteiger partial charge in [0, 0.05) is 12.1 Å². The Balaban J connectivity index is 0.943. The highest BCUT2D eigenvalue weighted by Crippen LogP contribution is 2.29. The van der Waals surface area contributed by atoms with Gasteiger partial charge < -0.3 is 36.9 Å². The van der Waals surface area contributed by atoms with Crippen LogP contribution in [0.3, 0.4) is 0 Å². The third-order valence-corrected chi connectivity index (χ3v) is 16.7. The first kappa shape index (κ1) is 54.0. The minimum atomic E-state index is 0.738. The Bertz CT molecular complexity index is 1770. The first-order valence-corrected chi connectivity index (χ1v) is 28.7. The molecule has 0 radical (unpaired) electrons. The first-order valence-electron chi connectivity index (χ1n) is 28.7. The summed E-state index contributed by atoms with van der Waals surface area (Å²) in [7, 11) is 9.77. The van der Waals surface area contributed by atoms with Crippen molar-refractivity contribution in [3.8, 4) is 23.0 Å². The summed E-state index contributed by atoms with van der Waals surface area (Å²) >= 11 is 0. The Morgan fingerprint density at radius 3 is 0.771 bits per heavy atom. The van der Waals surface area contributed by atoms with Crippen LogP contribution >= 0.6 is 0 Å². The van der Waals surface area contributed by atoms with Gasteiger partial charge in [0.25, 0.3) is 0 Å². The van der Waals surface area contributed by atoms with Gasteiger partial charge in [-0.25, -0.2) is 0 Å². The molecule has 0 unspecified atom stereocenters. The second-order valence-electron chi connectivity index (χ2n) is 23.4. The van der Waals surface area contributed by atoms with Crippen molar-refractivity contribution >= 4 is 24.3 Å². The van der Waals surface area contributed by atoms with Crippen LogP contribution in [0.1, 0.15) is 151 Å². The SMILES string of the molecule is C[N+]1(CCCCOc2cc(/C=C/c3ccc(/C=C/c4cc(OCCCC[N+]5(C)CCCCC5)cc(OCCCC[N+]5(C)CCCCC5)c4)cc3)cc(OCCCC[N+]3(C)CCCCC3)c2)CCCCC1. The van der Waals surface area contributed by atoms with Crippen molar-refractivity contribution in [2.24, 2.45) is 0 Å². The number of unbranched alkanes of at least 4 members (excludes halogenated alkanes) is 4. The van der Waals surface area contributed by atoms with E-state index in [2.05, 4.69) is 113 Å². The monoisotopic (exact) mass is 963 g/mol. The maximum Gasteiger partial charge on any atom is 0.123 e. The maximum atomic E-state index is 6.43. The molecule has 8 heteroatoms. The van der Waals surface area contributed by atoms with Gasteiger partial charge in [0.05, 0.1) is 133 Å². The number of benzene rings is 3. The molecule has 8 nitrogen and oxygen atoms in total. The number of piperidine rings is 4. The van der Waals surface area contributed by atoms with E-state index in [0.717, 1.165) is 97.4 Å². The molecule has 4 heterocycles. The third kappa shape index (κ3) is 19.0. The van der Waals surface area contributed by atoms with E-state index in [0.29, 0.717) is 0 Å². The first-order chi connectivity index (χ1) is 34.0. The van der Waals surface area contributed by atoms with E-state index in [1.807, 2.05) is 0 Å². The summed E-state index contributed by atoms with van der Waals surface area (Å²) < 4.78 is 30.6. The van der Waals surface area contributed by atoms with E-state index in [9.17, 15) is 0 Å². The molecular weight excluding hydrogens is 865 g/mol. The highest BCUT2D eigenvalue weighted by molar-refractivity contribution is 5.74. The number of hydrogen-bond donors (Lipinski definition) is 0. The van der Waals surface area contributed by atoms with Crippen molar-refractivity contribution in [2.75, 3.05) is 133 Å². The summed E-state index contributed by atoms with van der Waals surface area (Å²) in [5.74, 6) is 3.60. The van der Waals surface area contributed by atoms with Gasteiger partial charge in [-0.2, -0.15) is 0 Å². The smallest absolute Gasteiger partial charge is 0.123 e.